The van der Waals surface area contributed by atoms with Crippen molar-refractivity contribution in [2.45, 2.75) is 13.5 Å². The second-order valence-corrected chi connectivity index (χ2v) is 5.47. The second kappa shape index (κ2) is 6.12. The standard InChI is InChI=1S/C14H13BrN2OS/c1-9-6-11(14(16)19)7-13(17-9)18-8-10-2-4-12(15)5-3-10/h2-7H,8H2,1H3,(H2,16,19). The van der Waals surface area contributed by atoms with Crippen LogP contribution in [0.1, 0.15) is 16.8 Å². The van der Waals surface area contributed by atoms with Gasteiger partial charge >= 0.3 is 0 Å². The van der Waals surface area contributed by atoms with Crippen LogP contribution in [0, 0.1) is 6.92 Å². The normalized spacial score (nSPS) is 10.2. The molecule has 1 aromatic carbocycles. The maximum atomic E-state index is 5.66. The number of ether oxygens (including phenoxy) is 1. The summed E-state index contributed by atoms with van der Waals surface area (Å²) in [4.78, 5) is 4.65. The first-order chi connectivity index (χ1) is 9.04. The summed E-state index contributed by atoms with van der Waals surface area (Å²) in [7, 11) is 0. The van der Waals surface area contributed by atoms with E-state index in [1.165, 1.54) is 0 Å². The molecule has 0 atom stereocenters. The first-order valence-corrected chi connectivity index (χ1v) is 6.90. The third-order valence-electron chi connectivity index (χ3n) is 2.51. The number of hydrogen-bond acceptors (Lipinski definition) is 3. The molecule has 98 valence electrons. The lowest BCUT2D eigenvalue weighted by atomic mass is 10.2. The molecular weight excluding hydrogens is 324 g/mol. The summed E-state index contributed by atoms with van der Waals surface area (Å²) in [6.45, 7) is 2.34. The summed E-state index contributed by atoms with van der Waals surface area (Å²) in [6.07, 6.45) is 0. The Kier molecular flexibility index (Phi) is 4.50. The van der Waals surface area contributed by atoms with Gasteiger partial charge in [-0.3, -0.25) is 0 Å². The van der Waals surface area contributed by atoms with Crippen LogP contribution in [0.15, 0.2) is 40.9 Å². The van der Waals surface area contributed by atoms with E-state index < -0.39 is 0 Å². The van der Waals surface area contributed by atoms with Gasteiger partial charge in [-0.2, -0.15) is 0 Å². The molecular formula is C14H13BrN2OS. The molecule has 0 saturated carbocycles. The van der Waals surface area contributed by atoms with E-state index in [9.17, 15) is 0 Å². The SMILES string of the molecule is Cc1cc(C(N)=S)cc(OCc2ccc(Br)cc2)n1. The Hall–Kier alpha value is -1.46. The van der Waals surface area contributed by atoms with Crippen molar-refractivity contribution in [3.8, 4) is 5.88 Å². The van der Waals surface area contributed by atoms with Crippen LogP contribution in [0.4, 0.5) is 0 Å². The number of nitrogens with two attached hydrogens (primary N) is 1. The summed E-state index contributed by atoms with van der Waals surface area (Å²) in [5.74, 6) is 0.533. The molecule has 0 saturated heterocycles. The van der Waals surface area contributed by atoms with Crippen LogP contribution < -0.4 is 10.5 Å². The Morgan fingerprint density at radius 3 is 2.63 bits per heavy atom. The van der Waals surface area contributed by atoms with E-state index in [-0.39, 0.29) is 0 Å². The molecule has 0 aliphatic rings. The molecule has 0 amide bonds. The Labute approximate surface area is 125 Å². The first kappa shape index (κ1) is 14.0. The molecule has 0 spiro atoms. The molecule has 2 aromatic rings. The molecule has 1 heterocycles. The Balaban J connectivity index is 2.11. The quantitative estimate of drug-likeness (QED) is 0.869. The van der Waals surface area contributed by atoms with Gasteiger partial charge in [0.2, 0.25) is 5.88 Å². The van der Waals surface area contributed by atoms with E-state index in [0.29, 0.717) is 17.5 Å². The summed E-state index contributed by atoms with van der Waals surface area (Å²) >= 11 is 8.36. The van der Waals surface area contributed by atoms with Crippen LogP contribution >= 0.6 is 28.1 Å². The molecule has 3 nitrogen and oxygen atoms in total. The maximum absolute atomic E-state index is 5.66. The van der Waals surface area contributed by atoms with Crippen molar-refractivity contribution in [1.29, 1.82) is 0 Å². The molecule has 0 fully saturated rings. The zero-order valence-electron chi connectivity index (χ0n) is 10.4. The van der Waals surface area contributed by atoms with Crippen LogP contribution in [-0.4, -0.2) is 9.97 Å². The largest absolute Gasteiger partial charge is 0.473 e. The minimum absolute atomic E-state index is 0.346. The average Bonchev–Trinajstić information content (AvgIpc) is 2.37. The van der Waals surface area contributed by atoms with E-state index in [4.69, 9.17) is 22.7 Å². The van der Waals surface area contributed by atoms with Gasteiger partial charge in [0, 0.05) is 21.8 Å². The minimum atomic E-state index is 0.346. The average molecular weight is 337 g/mol. The van der Waals surface area contributed by atoms with Crippen LogP contribution in [0.5, 0.6) is 5.88 Å². The lowest BCUT2D eigenvalue weighted by Gasteiger charge is -2.08. The van der Waals surface area contributed by atoms with E-state index >= 15 is 0 Å². The maximum Gasteiger partial charge on any atom is 0.214 e. The highest BCUT2D eigenvalue weighted by molar-refractivity contribution is 9.10. The van der Waals surface area contributed by atoms with Gasteiger partial charge in [0.05, 0.1) is 0 Å². The smallest absolute Gasteiger partial charge is 0.214 e. The van der Waals surface area contributed by atoms with Crippen LogP contribution in [0.25, 0.3) is 0 Å². The lowest BCUT2D eigenvalue weighted by molar-refractivity contribution is 0.293. The Bertz CT molecular complexity index is 599. The van der Waals surface area contributed by atoms with Crippen LogP contribution in [0.2, 0.25) is 0 Å². The molecule has 1 aromatic heterocycles. The molecule has 0 bridgehead atoms. The molecule has 0 unspecified atom stereocenters. The Morgan fingerprint density at radius 2 is 2.00 bits per heavy atom. The number of benzene rings is 1. The fourth-order valence-electron chi connectivity index (χ4n) is 1.59. The molecule has 2 rings (SSSR count). The van der Waals surface area contributed by atoms with Crippen molar-refractivity contribution in [2.24, 2.45) is 5.73 Å². The van der Waals surface area contributed by atoms with Gasteiger partial charge in [-0.1, -0.05) is 40.3 Å². The van der Waals surface area contributed by atoms with Gasteiger partial charge in [-0.25, -0.2) is 4.98 Å². The number of pyridine rings is 1. The van der Waals surface area contributed by atoms with Crippen molar-refractivity contribution in [1.82, 2.24) is 4.98 Å². The van der Waals surface area contributed by atoms with Crippen molar-refractivity contribution in [2.75, 3.05) is 0 Å². The zero-order chi connectivity index (χ0) is 13.8. The molecule has 0 aliphatic heterocycles. The van der Waals surface area contributed by atoms with E-state index in [1.807, 2.05) is 37.3 Å². The van der Waals surface area contributed by atoms with Gasteiger partial charge in [-0.05, 0) is 30.7 Å². The van der Waals surface area contributed by atoms with Crippen LogP contribution in [0.3, 0.4) is 0 Å². The topological polar surface area (TPSA) is 48.1 Å². The van der Waals surface area contributed by atoms with Crippen molar-refractivity contribution in [3.05, 3.63) is 57.7 Å². The van der Waals surface area contributed by atoms with Gasteiger partial charge in [-0.15, -0.1) is 0 Å². The fourth-order valence-corrected chi connectivity index (χ4v) is 1.97. The second-order valence-electron chi connectivity index (χ2n) is 4.11. The zero-order valence-corrected chi connectivity index (χ0v) is 12.8. The van der Waals surface area contributed by atoms with Crippen LogP contribution in [-0.2, 0) is 6.61 Å². The van der Waals surface area contributed by atoms with Gasteiger partial charge in [0.1, 0.15) is 11.6 Å². The van der Waals surface area contributed by atoms with Crippen molar-refractivity contribution < 1.29 is 4.74 Å². The molecule has 2 N–H and O–H groups in total. The predicted octanol–water partition coefficient (Wildman–Crippen LogP) is 3.37. The number of nitrogens with zero attached hydrogens (tertiary/aromatic N) is 1. The van der Waals surface area contributed by atoms with Gasteiger partial charge in [0.25, 0.3) is 0 Å². The third kappa shape index (κ3) is 4.01. The van der Waals surface area contributed by atoms with Gasteiger partial charge in [0.15, 0.2) is 0 Å². The minimum Gasteiger partial charge on any atom is -0.473 e. The van der Waals surface area contributed by atoms with E-state index in [1.54, 1.807) is 6.07 Å². The number of halogens is 1. The fraction of sp³-hybridized carbons (Fsp3) is 0.143. The lowest BCUT2D eigenvalue weighted by Crippen LogP contribution is -2.10. The third-order valence-corrected chi connectivity index (χ3v) is 3.28. The van der Waals surface area contributed by atoms with E-state index in [0.717, 1.165) is 21.3 Å². The number of aryl methyl sites for hydroxylation is 1. The number of hydrogen-bond donors (Lipinski definition) is 1. The molecule has 19 heavy (non-hydrogen) atoms. The van der Waals surface area contributed by atoms with E-state index in [2.05, 4.69) is 20.9 Å². The molecule has 0 radical (unpaired) electrons. The summed E-state index contributed by atoms with van der Waals surface area (Å²) in [5.41, 5.74) is 8.29. The molecule has 5 heteroatoms. The summed E-state index contributed by atoms with van der Waals surface area (Å²) in [5, 5.41) is 0. The molecule has 0 aliphatic carbocycles. The number of aromatic nitrogens is 1. The summed E-state index contributed by atoms with van der Waals surface area (Å²) < 4.78 is 6.70. The van der Waals surface area contributed by atoms with Gasteiger partial charge < -0.3 is 10.5 Å². The summed E-state index contributed by atoms with van der Waals surface area (Å²) in [6, 6.07) is 11.5. The highest BCUT2D eigenvalue weighted by atomic mass is 79.9. The highest BCUT2D eigenvalue weighted by Gasteiger charge is 2.04. The Morgan fingerprint density at radius 1 is 1.32 bits per heavy atom. The predicted molar refractivity (Wildman–Crippen MR) is 83.3 cm³/mol. The van der Waals surface area contributed by atoms with Crippen molar-refractivity contribution >= 4 is 33.1 Å². The van der Waals surface area contributed by atoms with Crippen molar-refractivity contribution in [3.63, 3.8) is 0 Å². The monoisotopic (exact) mass is 336 g/mol. The highest BCUT2D eigenvalue weighted by Crippen LogP contribution is 2.15. The number of rotatable bonds is 4. The number of thiocarbonyl (C=S) groups is 1. The first-order valence-electron chi connectivity index (χ1n) is 5.70.